The third-order valence-corrected chi connectivity index (χ3v) is 3.55. The first-order chi connectivity index (χ1) is 9.11. The van der Waals surface area contributed by atoms with Gasteiger partial charge in [0.15, 0.2) is 0 Å². The number of hydrogen-bond acceptors (Lipinski definition) is 2. The number of hydrogen-bond donors (Lipinski definition) is 1. The minimum Gasteiger partial charge on any atom is -0.508 e. The summed E-state index contributed by atoms with van der Waals surface area (Å²) in [6.07, 6.45) is 0. The summed E-state index contributed by atoms with van der Waals surface area (Å²) in [5, 5.41) is 10.5. The molecule has 0 amide bonds. The van der Waals surface area contributed by atoms with Gasteiger partial charge >= 0.3 is 0 Å². The van der Waals surface area contributed by atoms with Gasteiger partial charge in [-0.25, -0.2) is 0 Å². The Kier molecular flexibility index (Phi) is 4.33. The van der Waals surface area contributed by atoms with Crippen LogP contribution in [0.1, 0.15) is 18.1 Å². The molecule has 0 aliphatic rings. The molecule has 0 saturated heterocycles. The van der Waals surface area contributed by atoms with E-state index in [0.717, 1.165) is 17.8 Å². The highest BCUT2D eigenvalue weighted by Crippen LogP contribution is 2.28. The van der Waals surface area contributed by atoms with Crippen LogP contribution < -0.4 is 4.90 Å². The maximum absolute atomic E-state index is 9.93. The van der Waals surface area contributed by atoms with Gasteiger partial charge in [-0.2, -0.15) is 0 Å². The first-order valence-corrected chi connectivity index (χ1v) is 6.77. The topological polar surface area (TPSA) is 23.5 Å². The minimum absolute atomic E-state index is 0.249. The molecule has 2 aromatic carbocycles. The van der Waals surface area contributed by atoms with Gasteiger partial charge in [0, 0.05) is 29.4 Å². The van der Waals surface area contributed by atoms with Gasteiger partial charge in [-0.15, -0.1) is 0 Å². The van der Waals surface area contributed by atoms with E-state index in [9.17, 15) is 5.11 Å². The molecule has 3 heteroatoms. The molecule has 0 radical (unpaired) electrons. The quantitative estimate of drug-likeness (QED) is 0.895. The van der Waals surface area contributed by atoms with Gasteiger partial charge in [-0.05, 0) is 43.7 Å². The fourth-order valence-electron chi connectivity index (χ4n) is 2.10. The molecule has 0 heterocycles. The van der Waals surface area contributed by atoms with E-state index in [-0.39, 0.29) is 5.75 Å². The van der Waals surface area contributed by atoms with Crippen molar-refractivity contribution in [1.29, 1.82) is 0 Å². The van der Waals surface area contributed by atoms with E-state index < -0.39 is 0 Å². The highest BCUT2D eigenvalue weighted by atomic mass is 35.5. The Morgan fingerprint density at radius 1 is 1.16 bits per heavy atom. The molecule has 0 spiro atoms. The van der Waals surface area contributed by atoms with E-state index in [1.807, 2.05) is 6.07 Å². The second kappa shape index (κ2) is 5.98. The van der Waals surface area contributed by atoms with Crippen molar-refractivity contribution in [3.8, 4) is 5.75 Å². The van der Waals surface area contributed by atoms with E-state index in [1.54, 1.807) is 18.2 Å². The zero-order chi connectivity index (χ0) is 13.8. The Balaban J connectivity index is 2.29. The zero-order valence-corrected chi connectivity index (χ0v) is 12.0. The molecule has 2 aromatic rings. The molecular weight excluding hydrogens is 258 g/mol. The van der Waals surface area contributed by atoms with Crippen LogP contribution >= 0.6 is 11.6 Å². The van der Waals surface area contributed by atoms with Crippen LogP contribution in [-0.4, -0.2) is 11.7 Å². The van der Waals surface area contributed by atoms with E-state index in [1.165, 1.54) is 5.56 Å². The van der Waals surface area contributed by atoms with Crippen LogP contribution in [0, 0.1) is 6.92 Å². The third kappa shape index (κ3) is 3.21. The fraction of sp³-hybridized carbons (Fsp3) is 0.250. The molecule has 0 fully saturated rings. The van der Waals surface area contributed by atoms with Gasteiger partial charge in [0.25, 0.3) is 0 Å². The third-order valence-electron chi connectivity index (χ3n) is 3.19. The molecule has 100 valence electrons. The highest BCUT2D eigenvalue weighted by Gasteiger charge is 2.11. The summed E-state index contributed by atoms with van der Waals surface area (Å²) >= 11 is 6.16. The molecule has 1 N–H and O–H groups in total. The summed E-state index contributed by atoms with van der Waals surface area (Å²) in [5.74, 6) is 0.249. The predicted octanol–water partition coefficient (Wildman–Crippen LogP) is 4.38. The van der Waals surface area contributed by atoms with Gasteiger partial charge in [0.05, 0.1) is 0 Å². The Labute approximate surface area is 119 Å². The summed E-state index contributed by atoms with van der Waals surface area (Å²) in [4.78, 5) is 2.19. The van der Waals surface area contributed by atoms with Crippen LogP contribution in [0.15, 0.2) is 42.5 Å². The standard InChI is InChI=1S/C16H18ClNO/c1-3-18(13-7-4-6-12(2)10-13)11-14-15(17)8-5-9-16(14)19/h4-10,19H,3,11H2,1-2H3. The molecule has 0 unspecified atom stereocenters. The zero-order valence-electron chi connectivity index (χ0n) is 11.2. The number of phenolic OH excluding ortho intramolecular Hbond substituents is 1. The summed E-state index contributed by atoms with van der Waals surface area (Å²) in [6, 6.07) is 13.6. The van der Waals surface area contributed by atoms with Crippen LogP contribution in [0.3, 0.4) is 0 Å². The fourth-order valence-corrected chi connectivity index (χ4v) is 2.33. The van der Waals surface area contributed by atoms with Gasteiger partial charge in [0.2, 0.25) is 0 Å². The lowest BCUT2D eigenvalue weighted by Crippen LogP contribution is -2.22. The first-order valence-electron chi connectivity index (χ1n) is 6.39. The Morgan fingerprint density at radius 2 is 1.89 bits per heavy atom. The summed E-state index contributed by atoms with van der Waals surface area (Å²) in [5.41, 5.74) is 3.13. The van der Waals surface area contributed by atoms with Crippen LogP contribution in [0.25, 0.3) is 0 Å². The number of rotatable bonds is 4. The van der Waals surface area contributed by atoms with E-state index in [2.05, 4.69) is 36.9 Å². The maximum atomic E-state index is 9.93. The Hall–Kier alpha value is -1.67. The van der Waals surface area contributed by atoms with Crippen molar-refractivity contribution < 1.29 is 5.11 Å². The second-order valence-corrected chi connectivity index (χ2v) is 5.00. The van der Waals surface area contributed by atoms with Crippen LogP contribution in [0.2, 0.25) is 5.02 Å². The smallest absolute Gasteiger partial charge is 0.122 e. The van der Waals surface area contributed by atoms with Gasteiger partial charge in [-0.1, -0.05) is 29.8 Å². The molecule has 2 rings (SSSR count). The van der Waals surface area contributed by atoms with Crippen LogP contribution in [0.4, 0.5) is 5.69 Å². The van der Waals surface area contributed by atoms with Crippen LogP contribution in [0.5, 0.6) is 5.75 Å². The number of aromatic hydroxyl groups is 1. The van der Waals surface area contributed by atoms with Crippen molar-refractivity contribution >= 4 is 17.3 Å². The van der Waals surface area contributed by atoms with Crippen molar-refractivity contribution in [2.75, 3.05) is 11.4 Å². The maximum Gasteiger partial charge on any atom is 0.122 e. The van der Waals surface area contributed by atoms with Gasteiger partial charge < -0.3 is 10.0 Å². The second-order valence-electron chi connectivity index (χ2n) is 4.59. The lowest BCUT2D eigenvalue weighted by Gasteiger charge is -2.24. The average Bonchev–Trinajstić information content (AvgIpc) is 2.38. The van der Waals surface area contributed by atoms with E-state index in [4.69, 9.17) is 11.6 Å². The largest absolute Gasteiger partial charge is 0.508 e. The molecule has 19 heavy (non-hydrogen) atoms. The van der Waals surface area contributed by atoms with Crippen molar-refractivity contribution in [3.05, 3.63) is 58.6 Å². The van der Waals surface area contributed by atoms with E-state index in [0.29, 0.717) is 11.6 Å². The molecule has 2 nitrogen and oxygen atoms in total. The van der Waals surface area contributed by atoms with Crippen molar-refractivity contribution in [2.24, 2.45) is 0 Å². The highest BCUT2D eigenvalue weighted by molar-refractivity contribution is 6.31. The molecular formula is C16H18ClNO. The first kappa shape index (κ1) is 13.8. The molecule has 0 aromatic heterocycles. The Morgan fingerprint density at radius 3 is 2.53 bits per heavy atom. The predicted molar refractivity (Wildman–Crippen MR) is 81.0 cm³/mol. The SMILES string of the molecule is CCN(Cc1c(O)cccc1Cl)c1cccc(C)c1. The minimum atomic E-state index is 0.249. The van der Waals surface area contributed by atoms with Crippen LogP contribution in [-0.2, 0) is 6.54 Å². The number of nitrogens with zero attached hydrogens (tertiary/aromatic N) is 1. The van der Waals surface area contributed by atoms with Gasteiger partial charge in [0.1, 0.15) is 5.75 Å². The van der Waals surface area contributed by atoms with Crippen molar-refractivity contribution in [1.82, 2.24) is 0 Å². The number of anilines is 1. The summed E-state index contributed by atoms with van der Waals surface area (Å²) < 4.78 is 0. The van der Waals surface area contributed by atoms with Gasteiger partial charge in [-0.3, -0.25) is 0 Å². The lowest BCUT2D eigenvalue weighted by atomic mass is 10.1. The van der Waals surface area contributed by atoms with Crippen molar-refractivity contribution in [2.45, 2.75) is 20.4 Å². The number of benzene rings is 2. The monoisotopic (exact) mass is 275 g/mol. The summed E-state index contributed by atoms with van der Waals surface area (Å²) in [6.45, 7) is 5.63. The molecule has 0 aliphatic heterocycles. The molecule has 0 atom stereocenters. The van der Waals surface area contributed by atoms with Crippen molar-refractivity contribution in [3.63, 3.8) is 0 Å². The van der Waals surface area contributed by atoms with E-state index >= 15 is 0 Å². The number of halogens is 1. The lowest BCUT2D eigenvalue weighted by molar-refractivity contribution is 0.467. The number of aryl methyl sites for hydroxylation is 1. The average molecular weight is 276 g/mol. The molecule has 0 saturated carbocycles. The number of phenols is 1. The molecule has 0 bridgehead atoms. The Bertz CT molecular complexity index is 548. The normalized spacial score (nSPS) is 10.5. The summed E-state index contributed by atoms with van der Waals surface area (Å²) in [7, 11) is 0. The molecule has 0 aliphatic carbocycles.